The van der Waals surface area contributed by atoms with Gasteiger partial charge in [0.15, 0.2) is 6.10 Å². The second-order valence-electron chi connectivity index (χ2n) is 4.51. The fraction of sp³-hybridized carbons (Fsp3) is 0.500. The molecule has 0 spiro atoms. The van der Waals surface area contributed by atoms with Crippen LogP contribution in [0, 0.1) is 11.3 Å². The van der Waals surface area contributed by atoms with Gasteiger partial charge in [0.05, 0.1) is 19.8 Å². The van der Waals surface area contributed by atoms with Crippen molar-refractivity contribution in [3.63, 3.8) is 0 Å². The first-order valence-electron chi connectivity index (χ1n) is 6.37. The third-order valence-electron chi connectivity index (χ3n) is 3.38. The van der Waals surface area contributed by atoms with E-state index in [1.165, 1.54) is 0 Å². The molecule has 2 rings (SSSR count). The van der Waals surface area contributed by atoms with Crippen LogP contribution in [-0.4, -0.2) is 44.4 Å². The molecule has 1 heterocycles. The standard InChI is InChI=1S/C14H19N3O2/c1-18-12-4-2-3-11(7-12)14(9-16)17-5-6-19-13(8-15)10-17/h2-4,7,13-14H,5-6,9-10,16H2,1H3. The Bertz CT molecular complexity index is 458. The van der Waals surface area contributed by atoms with Gasteiger partial charge in [0.25, 0.3) is 0 Å². The lowest BCUT2D eigenvalue weighted by Gasteiger charge is -2.36. The van der Waals surface area contributed by atoms with E-state index in [1.807, 2.05) is 24.3 Å². The molecule has 1 aromatic carbocycles. The second-order valence-corrected chi connectivity index (χ2v) is 4.51. The van der Waals surface area contributed by atoms with Crippen LogP contribution in [0.15, 0.2) is 24.3 Å². The summed E-state index contributed by atoms with van der Waals surface area (Å²) < 4.78 is 10.6. The average molecular weight is 261 g/mol. The van der Waals surface area contributed by atoms with E-state index in [0.29, 0.717) is 19.7 Å². The summed E-state index contributed by atoms with van der Waals surface area (Å²) in [6, 6.07) is 10.2. The van der Waals surface area contributed by atoms with Crippen molar-refractivity contribution in [2.75, 3.05) is 33.4 Å². The number of nitrogens with zero attached hydrogens (tertiary/aromatic N) is 2. The Balaban J connectivity index is 2.16. The van der Waals surface area contributed by atoms with Gasteiger partial charge in [-0.2, -0.15) is 5.26 Å². The molecule has 19 heavy (non-hydrogen) atoms. The Kier molecular flexibility index (Phi) is 4.74. The minimum atomic E-state index is -0.367. The van der Waals surface area contributed by atoms with E-state index in [0.717, 1.165) is 17.9 Å². The fourth-order valence-electron chi connectivity index (χ4n) is 2.38. The van der Waals surface area contributed by atoms with Crippen LogP contribution in [-0.2, 0) is 4.74 Å². The van der Waals surface area contributed by atoms with Crippen LogP contribution in [0.5, 0.6) is 5.75 Å². The quantitative estimate of drug-likeness (QED) is 0.872. The molecule has 0 radical (unpaired) electrons. The van der Waals surface area contributed by atoms with Gasteiger partial charge in [-0.05, 0) is 17.7 Å². The van der Waals surface area contributed by atoms with E-state index in [1.54, 1.807) is 7.11 Å². The largest absolute Gasteiger partial charge is 0.497 e. The molecule has 0 aromatic heterocycles. The molecule has 0 amide bonds. The smallest absolute Gasteiger partial charge is 0.156 e. The maximum absolute atomic E-state index is 8.96. The summed E-state index contributed by atoms with van der Waals surface area (Å²) in [4.78, 5) is 2.20. The third kappa shape index (κ3) is 3.24. The molecule has 2 unspecified atom stereocenters. The SMILES string of the molecule is COc1cccc(C(CN)N2CCOC(C#N)C2)c1. The minimum Gasteiger partial charge on any atom is -0.497 e. The molecule has 2 N–H and O–H groups in total. The molecule has 5 nitrogen and oxygen atoms in total. The monoisotopic (exact) mass is 261 g/mol. The number of benzene rings is 1. The van der Waals surface area contributed by atoms with Gasteiger partial charge in [-0.3, -0.25) is 4.90 Å². The highest BCUT2D eigenvalue weighted by atomic mass is 16.5. The molecule has 0 saturated carbocycles. The molecular formula is C14H19N3O2. The van der Waals surface area contributed by atoms with Crippen molar-refractivity contribution in [2.24, 2.45) is 5.73 Å². The van der Waals surface area contributed by atoms with Gasteiger partial charge in [-0.1, -0.05) is 12.1 Å². The zero-order valence-electron chi connectivity index (χ0n) is 11.1. The number of hydrogen-bond donors (Lipinski definition) is 1. The zero-order chi connectivity index (χ0) is 13.7. The summed E-state index contributed by atoms with van der Waals surface area (Å²) in [7, 11) is 1.65. The van der Waals surface area contributed by atoms with Gasteiger partial charge in [-0.15, -0.1) is 0 Å². The molecule has 0 bridgehead atoms. The number of hydrogen-bond acceptors (Lipinski definition) is 5. The van der Waals surface area contributed by atoms with Crippen LogP contribution in [0.4, 0.5) is 0 Å². The van der Waals surface area contributed by atoms with Crippen molar-refractivity contribution >= 4 is 0 Å². The summed E-state index contributed by atoms with van der Waals surface area (Å²) in [5.74, 6) is 0.820. The molecular weight excluding hydrogens is 242 g/mol. The first-order chi connectivity index (χ1) is 9.28. The maximum atomic E-state index is 8.96. The molecule has 1 aliphatic heterocycles. The van der Waals surface area contributed by atoms with Crippen LogP contribution < -0.4 is 10.5 Å². The van der Waals surface area contributed by atoms with Crippen LogP contribution in [0.25, 0.3) is 0 Å². The first-order valence-corrected chi connectivity index (χ1v) is 6.37. The molecule has 102 valence electrons. The average Bonchev–Trinajstić information content (AvgIpc) is 2.48. The predicted molar refractivity (Wildman–Crippen MR) is 71.7 cm³/mol. The van der Waals surface area contributed by atoms with Gasteiger partial charge in [0.1, 0.15) is 5.75 Å². The van der Waals surface area contributed by atoms with Crippen molar-refractivity contribution in [1.29, 1.82) is 5.26 Å². The highest BCUT2D eigenvalue weighted by Gasteiger charge is 2.26. The van der Waals surface area contributed by atoms with Crippen LogP contribution in [0.3, 0.4) is 0 Å². The Morgan fingerprint density at radius 2 is 2.47 bits per heavy atom. The lowest BCUT2D eigenvalue weighted by molar-refractivity contribution is -0.0161. The first kappa shape index (κ1) is 13.8. The zero-order valence-corrected chi connectivity index (χ0v) is 11.1. The van der Waals surface area contributed by atoms with Crippen molar-refractivity contribution in [3.8, 4) is 11.8 Å². The number of ether oxygens (including phenoxy) is 2. The van der Waals surface area contributed by atoms with E-state index in [2.05, 4.69) is 11.0 Å². The Morgan fingerprint density at radius 3 is 3.16 bits per heavy atom. The summed E-state index contributed by atoms with van der Waals surface area (Å²) in [6.45, 7) is 2.46. The van der Waals surface area contributed by atoms with Gasteiger partial charge in [0, 0.05) is 25.7 Å². The molecule has 5 heteroatoms. The highest BCUT2D eigenvalue weighted by molar-refractivity contribution is 5.31. The number of rotatable bonds is 4. The second kappa shape index (κ2) is 6.53. The lowest BCUT2D eigenvalue weighted by atomic mass is 10.0. The van der Waals surface area contributed by atoms with Gasteiger partial charge < -0.3 is 15.2 Å². The summed E-state index contributed by atoms with van der Waals surface area (Å²) in [6.07, 6.45) is -0.367. The highest BCUT2D eigenvalue weighted by Crippen LogP contribution is 2.25. The van der Waals surface area contributed by atoms with Crippen molar-refractivity contribution in [3.05, 3.63) is 29.8 Å². The predicted octanol–water partition coefficient (Wildman–Crippen LogP) is 0.919. The van der Waals surface area contributed by atoms with E-state index in [9.17, 15) is 0 Å². The minimum absolute atomic E-state index is 0.0925. The van der Waals surface area contributed by atoms with Gasteiger partial charge in [0.2, 0.25) is 0 Å². The van der Waals surface area contributed by atoms with E-state index < -0.39 is 0 Å². The van der Waals surface area contributed by atoms with Gasteiger partial charge in [-0.25, -0.2) is 0 Å². The van der Waals surface area contributed by atoms with Crippen LogP contribution >= 0.6 is 0 Å². The van der Waals surface area contributed by atoms with Gasteiger partial charge >= 0.3 is 0 Å². The number of methoxy groups -OCH3 is 1. The molecule has 1 aliphatic rings. The van der Waals surface area contributed by atoms with Crippen molar-refractivity contribution in [2.45, 2.75) is 12.1 Å². The fourth-order valence-corrected chi connectivity index (χ4v) is 2.38. The molecule has 0 aliphatic carbocycles. The lowest BCUT2D eigenvalue weighted by Crippen LogP contribution is -2.45. The Hall–Kier alpha value is -1.61. The summed E-state index contributed by atoms with van der Waals surface area (Å²) in [5, 5.41) is 8.96. The number of nitriles is 1. The molecule has 1 aromatic rings. The van der Waals surface area contributed by atoms with Crippen molar-refractivity contribution < 1.29 is 9.47 Å². The van der Waals surface area contributed by atoms with E-state index >= 15 is 0 Å². The topological polar surface area (TPSA) is 71.5 Å². The maximum Gasteiger partial charge on any atom is 0.156 e. The Morgan fingerprint density at radius 1 is 1.63 bits per heavy atom. The van der Waals surface area contributed by atoms with E-state index in [-0.39, 0.29) is 12.1 Å². The van der Waals surface area contributed by atoms with E-state index in [4.69, 9.17) is 20.5 Å². The molecule has 1 fully saturated rings. The molecule has 2 atom stereocenters. The van der Waals surface area contributed by atoms with Crippen LogP contribution in [0.1, 0.15) is 11.6 Å². The van der Waals surface area contributed by atoms with Crippen LogP contribution in [0.2, 0.25) is 0 Å². The Labute approximate surface area is 113 Å². The summed E-state index contributed by atoms with van der Waals surface area (Å²) >= 11 is 0. The number of morpholine rings is 1. The third-order valence-corrected chi connectivity index (χ3v) is 3.38. The van der Waals surface area contributed by atoms with Crippen molar-refractivity contribution in [1.82, 2.24) is 4.90 Å². The summed E-state index contributed by atoms with van der Waals surface area (Å²) in [5.41, 5.74) is 7.02. The molecule has 1 saturated heterocycles. The number of nitrogens with two attached hydrogens (primary N) is 1. The normalized spacial score (nSPS) is 21.6.